The highest BCUT2D eigenvalue weighted by Gasteiger charge is 2.18. The Labute approximate surface area is 107 Å². The van der Waals surface area contributed by atoms with Crippen molar-refractivity contribution in [2.24, 2.45) is 0 Å². The van der Waals surface area contributed by atoms with Gasteiger partial charge in [-0.05, 0) is 19.5 Å². The largest absolute Gasteiger partial charge is 0.369 e. The van der Waals surface area contributed by atoms with Gasteiger partial charge in [0.25, 0.3) is 5.69 Å². The summed E-state index contributed by atoms with van der Waals surface area (Å²) in [7, 11) is 0. The van der Waals surface area contributed by atoms with Gasteiger partial charge in [0.05, 0.1) is 4.92 Å². The van der Waals surface area contributed by atoms with Crippen LogP contribution in [0.3, 0.4) is 0 Å². The molecule has 1 aliphatic rings. The molecule has 1 aromatic rings. The van der Waals surface area contributed by atoms with E-state index in [-0.39, 0.29) is 10.6 Å². The van der Waals surface area contributed by atoms with Gasteiger partial charge in [0.1, 0.15) is 0 Å². The molecule has 18 heavy (non-hydrogen) atoms. The first-order valence-corrected chi connectivity index (χ1v) is 6.34. The minimum Gasteiger partial charge on any atom is -0.369 e. The van der Waals surface area contributed by atoms with Gasteiger partial charge in [-0.2, -0.15) is 0 Å². The van der Waals surface area contributed by atoms with Gasteiger partial charge in [0.15, 0.2) is 0 Å². The molecule has 1 aromatic carbocycles. The van der Waals surface area contributed by atoms with Crippen LogP contribution in [-0.2, 0) is 0 Å². The molecule has 0 amide bonds. The van der Waals surface area contributed by atoms with Gasteiger partial charge < -0.3 is 9.80 Å². The summed E-state index contributed by atoms with van der Waals surface area (Å²) in [6.07, 6.45) is 0. The Morgan fingerprint density at radius 1 is 1.28 bits per heavy atom. The van der Waals surface area contributed by atoms with Crippen molar-refractivity contribution < 1.29 is 4.92 Å². The second kappa shape index (κ2) is 5.35. The Morgan fingerprint density at radius 3 is 2.50 bits per heavy atom. The van der Waals surface area contributed by atoms with Crippen LogP contribution in [0.2, 0.25) is 0 Å². The summed E-state index contributed by atoms with van der Waals surface area (Å²) in [6, 6.07) is 5.50. The van der Waals surface area contributed by atoms with Crippen molar-refractivity contribution in [2.45, 2.75) is 13.8 Å². The van der Waals surface area contributed by atoms with E-state index in [0.717, 1.165) is 44.0 Å². The standard InChI is InChI=1S/C13H19N3O2/c1-3-14-6-8-15(9-7-14)12-5-4-11(2)13(10-12)16(17)18/h4-5,10H,3,6-9H2,1-2H3. The molecule has 98 valence electrons. The van der Waals surface area contributed by atoms with Crippen LogP contribution in [0.1, 0.15) is 12.5 Å². The Morgan fingerprint density at radius 2 is 1.94 bits per heavy atom. The third-order valence-electron chi connectivity index (χ3n) is 3.57. The van der Waals surface area contributed by atoms with Crippen LogP contribution in [0, 0.1) is 17.0 Å². The fraction of sp³-hybridized carbons (Fsp3) is 0.538. The summed E-state index contributed by atoms with van der Waals surface area (Å²) in [6.45, 7) is 8.93. The summed E-state index contributed by atoms with van der Waals surface area (Å²) in [5.41, 5.74) is 1.89. The fourth-order valence-corrected chi connectivity index (χ4v) is 2.31. The van der Waals surface area contributed by atoms with Crippen LogP contribution in [0.25, 0.3) is 0 Å². The van der Waals surface area contributed by atoms with E-state index >= 15 is 0 Å². The first-order valence-electron chi connectivity index (χ1n) is 6.34. The summed E-state index contributed by atoms with van der Waals surface area (Å²) in [5, 5.41) is 10.9. The Bertz CT molecular complexity index is 440. The molecule has 2 rings (SSSR count). The molecule has 0 aliphatic carbocycles. The van der Waals surface area contributed by atoms with Crippen LogP contribution in [0.4, 0.5) is 11.4 Å². The monoisotopic (exact) mass is 249 g/mol. The van der Waals surface area contributed by atoms with E-state index in [0.29, 0.717) is 0 Å². The van der Waals surface area contributed by atoms with Crippen LogP contribution in [0.15, 0.2) is 18.2 Å². The van der Waals surface area contributed by atoms with Crippen molar-refractivity contribution in [3.63, 3.8) is 0 Å². The van der Waals surface area contributed by atoms with E-state index in [2.05, 4.69) is 16.7 Å². The zero-order valence-corrected chi connectivity index (χ0v) is 10.9. The molecule has 0 N–H and O–H groups in total. The summed E-state index contributed by atoms with van der Waals surface area (Å²) >= 11 is 0. The SMILES string of the molecule is CCN1CCN(c2ccc(C)c([N+](=O)[O-])c2)CC1. The van der Waals surface area contributed by atoms with Gasteiger partial charge in [-0.25, -0.2) is 0 Å². The van der Waals surface area contributed by atoms with Crippen molar-refractivity contribution in [3.05, 3.63) is 33.9 Å². The number of rotatable bonds is 3. The quantitative estimate of drug-likeness (QED) is 0.607. The van der Waals surface area contributed by atoms with Crippen LogP contribution >= 0.6 is 0 Å². The van der Waals surface area contributed by atoms with Crippen molar-refractivity contribution in [1.82, 2.24) is 4.90 Å². The topological polar surface area (TPSA) is 49.6 Å². The highest BCUT2D eigenvalue weighted by molar-refractivity contribution is 5.56. The molecule has 0 atom stereocenters. The lowest BCUT2D eigenvalue weighted by atomic mass is 10.1. The molecule has 0 saturated carbocycles. The normalized spacial score (nSPS) is 16.9. The number of likely N-dealkylation sites (N-methyl/N-ethyl adjacent to an activating group) is 1. The van der Waals surface area contributed by atoms with Gasteiger partial charge in [0.2, 0.25) is 0 Å². The number of nitro groups is 1. The third kappa shape index (κ3) is 2.61. The maximum Gasteiger partial charge on any atom is 0.274 e. The number of hydrogen-bond acceptors (Lipinski definition) is 4. The smallest absolute Gasteiger partial charge is 0.274 e. The number of piperazine rings is 1. The van der Waals surface area contributed by atoms with Crippen molar-refractivity contribution in [1.29, 1.82) is 0 Å². The van der Waals surface area contributed by atoms with Crippen molar-refractivity contribution in [2.75, 3.05) is 37.6 Å². The highest BCUT2D eigenvalue weighted by Crippen LogP contribution is 2.25. The number of hydrogen-bond donors (Lipinski definition) is 0. The molecule has 0 spiro atoms. The lowest BCUT2D eigenvalue weighted by molar-refractivity contribution is -0.385. The van der Waals surface area contributed by atoms with Crippen molar-refractivity contribution >= 4 is 11.4 Å². The predicted molar refractivity (Wildman–Crippen MR) is 72.2 cm³/mol. The van der Waals surface area contributed by atoms with Crippen molar-refractivity contribution in [3.8, 4) is 0 Å². The minimum atomic E-state index is -0.304. The highest BCUT2D eigenvalue weighted by atomic mass is 16.6. The molecule has 0 aromatic heterocycles. The van der Waals surface area contributed by atoms with Gasteiger partial charge in [-0.15, -0.1) is 0 Å². The number of aryl methyl sites for hydroxylation is 1. The number of nitrogens with zero attached hydrogens (tertiary/aromatic N) is 3. The lowest BCUT2D eigenvalue weighted by Crippen LogP contribution is -2.46. The first-order chi connectivity index (χ1) is 8.61. The molecule has 5 nitrogen and oxygen atoms in total. The van der Waals surface area contributed by atoms with E-state index in [1.54, 1.807) is 13.0 Å². The molecule has 1 saturated heterocycles. The molecule has 1 heterocycles. The van der Waals surface area contributed by atoms with E-state index in [1.807, 2.05) is 12.1 Å². The molecule has 0 unspecified atom stereocenters. The average Bonchev–Trinajstić information content (AvgIpc) is 2.39. The lowest BCUT2D eigenvalue weighted by Gasteiger charge is -2.35. The molecule has 5 heteroatoms. The van der Waals surface area contributed by atoms with E-state index in [9.17, 15) is 10.1 Å². The molecule has 0 bridgehead atoms. The maximum atomic E-state index is 10.9. The Balaban J connectivity index is 2.15. The Kier molecular flexibility index (Phi) is 3.81. The van der Waals surface area contributed by atoms with Crippen LogP contribution < -0.4 is 4.90 Å². The van der Waals surface area contributed by atoms with Crippen LogP contribution in [0.5, 0.6) is 0 Å². The summed E-state index contributed by atoms with van der Waals surface area (Å²) < 4.78 is 0. The number of anilines is 1. The minimum absolute atomic E-state index is 0.213. The molecule has 0 radical (unpaired) electrons. The fourth-order valence-electron chi connectivity index (χ4n) is 2.31. The third-order valence-corrected chi connectivity index (χ3v) is 3.57. The van der Waals surface area contributed by atoms with E-state index < -0.39 is 0 Å². The van der Waals surface area contributed by atoms with E-state index in [1.165, 1.54) is 0 Å². The van der Waals surface area contributed by atoms with Gasteiger partial charge in [0, 0.05) is 43.5 Å². The Hall–Kier alpha value is -1.62. The second-order valence-electron chi connectivity index (χ2n) is 4.65. The number of nitro benzene ring substituents is 1. The molecular formula is C13H19N3O2. The molecular weight excluding hydrogens is 230 g/mol. The maximum absolute atomic E-state index is 10.9. The number of benzene rings is 1. The molecule has 1 aliphatic heterocycles. The van der Waals surface area contributed by atoms with Gasteiger partial charge in [-0.3, -0.25) is 10.1 Å². The van der Waals surface area contributed by atoms with Crippen LogP contribution in [-0.4, -0.2) is 42.5 Å². The summed E-state index contributed by atoms with van der Waals surface area (Å²) in [4.78, 5) is 15.2. The second-order valence-corrected chi connectivity index (χ2v) is 4.65. The summed E-state index contributed by atoms with van der Waals surface area (Å²) in [5.74, 6) is 0. The zero-order valence-electron chi connectivity index (χ0n) is 10.9. The van der Waals surface area contributed by atoms with E-state index in [4.69, 9.17) is 0 Å². The molecule has 1 fully saturated rings. The van der Waals surface area contributed by atoms with Gasteiger partial charge in [-0.1, -0.05) is 13.0 Å². The predicted octanol–water partition coefficient (Wildman–Crippen LogP) is 2.05. The average molecular weight is 249 g/mol. The zero-order chi connectivity index (χ0) is 13.1. The first kappa shape index (κ1) is 12.8. The van der Waals surface area contributed by atoms with Gasteiger partial charge >= 0.3 is 0 Å².